The first-order valence-corrected chi connectivity index (χ1v) is 5.41. The van der Waals surface area contributed by atoms with Gasteiger partial charge in [-0.25, -0.2) is 4.98 Å². The number of aliphatic hydroxyl groups is 1. The molecule has 0 aliphatic carbocycles. The molecule has 0 radical (unpaired) electrons. The first-order chi connectivity index (χ1) is 7.67. The average Bonchev–Trinajstić information content (AvgIpc) is 2.29. The minimum absolute atomic E-state index is 0.159. The van der Waals surface area contributed by atoms with Gasteiger partial charge in [0.1, 0.15) is 11.9 Å². The summed E-state index contributed by atoms with van der Waals surface area (Å²) in [6.45, 7) is 4.35. The predicted molar refractivity (Wildman–Crippen MR) is 62.9 cm³/mol. The molecule has 16 heavy (non-hydrogen) atoms. The molecule has 1 aromatic rings. The average molecular weight is 219 g/mol. The number of hydrogen-bond acceptors (Lipinski definition) is 4. The van der Waals surface area contributed by atoms with Crippen LogP contribution < -0.4 is 5.32 Å². The zero-order chi connectivity index (χ0) is 12.0. The van der Waals surface area contributed by atoms with E-state index in [2.05, 4.69) is 24.1 Å². The Morgan fingerprint density at radius 1 is 1.50 bits per heavy atom. The quantitative estimate of drug-likeness (QED) is 0.792. The number of aromatic nitrogens is 1. The maximum atomic E-state index is 8.94. The van der Waals surface area contributed by atoms with Crippen molar-refractivity contribution in [1.82, 2.24) is 4.98 Å². The lowest BCUT2D eigenvalue weighted by molar-refractivity contribution is 0.267. The van der Waals surface area contributed by atoms with E-state index in [9.17, 15) is 0 Å². The first kappa shape index (κ1) is 12.5. The molecule has 0 fully saturated rings. The van der Waals surface area contributed by atoms with Crippen molar-refractivity contribution in [1.29, 1.82) is 5.26 Å². The van der Waals surface area contributed by atoms with E-state index in [0.717, 1.165) is 5.82 Å². The molecule has 0 bridgehead atoms. The molecular weight excluding hydrogens is 202 g/mol. The van der Waals surface area contributed by atoms with Crippen LogP contribution >= 0.6 is 0 Å². The van der Waals surface area contributed by atoms with E-state index >= 15 is 0 Å². The SMILES string of the molecule is CC(C)C(CCO)Nc1ccc(C#N)cn1. The highest BCUT2D eigenvalue weighted by molar-refractivity contribution is 5.39. The van der Waals surface area contributed by atoms with E-state index in [4.69, 9.17) is 10.4 Å². The van der Waals surface area contributed by atoms with Crippen molar-refractivity contribution in [3.8, 4) is 6.07 Å². The lowest BCUT2D eigenvalue weighted by Gasteiger charge is -2.21. The third-order valence-corrected chi connectivity index (χ3v) is 2.47. The minimum atomic E-state index is 0.159. The van der Waals surface area contributed by atoms with Crippen LogP contribution in [0, 0.1) is 17.2 Å². The summed E-state index contributed by atoms with van der Waals surface area (Å²) in [7, 11) is 0. The third kappa shape index (κ3) is 3.52. The van der Waals surface area contributed by atoms with Crippen LogP contribution in [0.3, 0.4) is 0 Å². The Morgan fingerprint density at radius 2 is 2.25 bits per heavy atom. The molecule has 0 saturated carbocycles. The molecule has 4 heteroatoms. The molecular formula is C12H17N3O. The van der Waals surface area contributed by atoms with Crippen LogP contribution in [-0.4, -0.2) is 22.7 Å². The molecule has 4 nitrogen and oxygen atoms in total. The van der Waals surface area contributed by atoms with E-state index in [1.165, 1.54) is 0 Å². The summed E-state index contributed by atoms with van der Waals surface area (Å²) in [6.07, 6.45) is 2.23. The van der Waals surface area contributed by atoms with E-state index in [1.54, 1.807) is 18.3 Å². The van der Waals surface area contributed by atoms with Crippen LogP contribution in [-0.2, 0) is 0 Å². The Balaban J connectivity index is 2.66. The van der Waals surface area contributed by atoms with Crippen LogP contribution in [0.4, 0.5) is 5.82 Å². The smallest absolute Gasteiger partial charge is 0.126 e. The Hall–Kier alpha value is -1.60. The highest BCUT2D eigenvalue weighted by Gasteiger charge is 2.12. The topological polar surface area (TPSA) is 68.9 Å². The number of nitrogens with zero attached hydrogens (tertiary/aromatic N) is 2. The number of pyridine rings is 1. The second-order valence-electron chi connectivity index (χ2n) is 4.05. The van der Waals surface area contributed by atoms with E-state index in [1.807, 2.05) is 6.07 Å². The molecule has 1 unspecified atom stereocenters. The summed E-state index contributed by atoms with van der Waals surface area (Å²) in [5.41, 5.74) is 0.550. The second-order valence-corrected chi connectivity index (χ2v) is 4.05. The molecule has 1 heterocycles. The minimum Gasteiger partial charge on any atom is -0.396 e. The van der Waals surface area contributed by atoms with Gasteiger partial charge in [0.2, 0.25) is 0 Å². The number of hydrogen-bond donors (Lipinski definition) is 2. The molecule has 1 aromatic heterocycles. The zero-order valence-corrected chi connectivity index (χ0v) is 9.64. The summed E-state index contributed by atoms with van der Waals surface area (Å²) in [5.74, 6) is 1.16. The number of nitriles is 1. The standard InChI is InChI=1S/C12H17N3O/c1-9(2)11(5-6-16)15-12-4-3-10(7-13)8-14-12/h3-4,8-9,11,16H,5-6H2,1-2H3,(H,14,15). The van der Waals surface area contributed by atoms with Gasteiger partial charge >= 0.3 is 0 Å². The Kier molecular flexibility index (Phi) is 4.74. The molecule has 0 saturated heterocycles. The van der Waals surface area contributed by atoms with Crippen molar-refractivity contribution in [2.24, 2.45) is 5.92 Å². The van der Waals surface area contributed by atoms with Gasteiger partial charge in [-0.1, -0.05) is 13.8 Å². The summed E-state index contributed by atoms with van der Waals surface area (Å²) < 4.78 is 0. The van der Waals surface area contributed by atoms with Gasteiger partial charge in [-0.2, -0.15) is 5.26 Å². The number of nitrogens with one attached hydrogen (secondary N) is 1. The first-order valence-electron chi connectivity index (χ1n) is 5.41. The van der Waals surface area contributed by atoms with E-state index in [-0.39, 0.29) is 12.6 Å². The lowest BCUT2D eigenvalue weighted by Crippen LogP contribution is -2.27. The fourth-order valence-electron chi connectivity index (χ4n) is 1.45. The fourth-order valence-corrected chi connectivity index (χ4v) is 1.45. The van der Waals surface area contributed by atoms with E-state index in [0.29, 0.717) is 17.9 Å². The zero-order valence-electron chi connectivity index (χ0n) is 9.64. The molecule has 0 spiro atoms. The van der Waals surface area contributed by atoms with Gasteiger partial charge < -0.3 is 10.4 Å². The molecule has 86 valence electrons. The maximum absolute atomic E-state index is 8.94. The second kappa shape index (κ2) is 6.09. The molecule has 2 N–H and O–H groups in total. The van der Waals surface area contributed by atoms with Crippen LogP contribution in [0.1, 0.15) is 25.8 Å². The van der Waals surface area contributed by atoms with Gasteiger partial charge in [0, 0.05) is 18.8 Å². The van der Waals surface area contributed by atoms with Crippen molar-refractivity contribution in [3.63, 3.8) is 0 Å². The molecule has 1 atom stereocenters. The van der Waals surface area contributed by atoms with Gasteiger partial charge in [0.05, 0.1) is 5.56 Å². The molecule has 0 aromatic carbocycles. The van der Waals surface area contributed by atoms with Crippen LogP contribution in [0.15, 0.2) is 18.3 Å². The van der Waals surface area contributed by atoms with Crippen LogP contribution in [0.5, 0.6) is 0 Å². The third-order valence-electron chi connectivity index (χ3n) is 2.47. The van der Waals surface area contributed by atoms with Crippen LogP contribution in [0.2, 0.25) is 0 Å². The molecule has 1 rings (SSSR count). The van der Waals surface area contributed by atoms with Crippen molar-refractivity contribution >= 4 is 5.82 Å². The van der Waals surface area contributed by atoms with Gasteiger partial charge in [0.15, 0.2) is 0 Å². The lowest BCUT2D eigenvalue weighted by atomic mass is 10.0. The number of anilines is 1. The van der Waals surface area contributed by atoms with Gasteiger partial charge in [0.25, 0.3) is 0 Å². The van der Waals surface area contributed by atoms with Gasteiger partial charge in [-0.3, -0.25) is 0 Å². The van der Waals surface area contributed by atoms with Crippen molar-refractivity contribution < 1.29 is 5.11 Å². The summed E-state index contributed by atoms with van der Waals surface area (Å²) in [6, 6.07) is 5.74. The normalized spacial score (nSPS) is 12.2. The Labute approximate surface area is 95.9 Å². The van der Waals surface area contributed by atoms with Gasteiger partial charge in [-0.15, -0.1) is 0 Å². The Bertz CT molecular complexity index is 354. The summed E-state index contributed by atoms with van der Waals surface area (Å²) >= 11 is 0. The monoisotopic (exact) mass is 219 g/mol. The molecule has 0 amide bonds. The Morgan fingerprint density at radius 3 is 2.69 bits per heavy atom. The van der Waals surface area contributed by atoms with Crippen molar-refractivity contribution in [2.75, 3.05) is 11.9 Å². The largest absolute Gasteiger partial charge is 0.396 e. The summed E-state index contributed by atoms with van der Waals surface area (Å²) in [5, 5.41) is 20.8. The van der Waals surface area contributed by atoms with E-state index < -0.39 is 0 Å². The molecule has 0 aliphatic heterocycles. The van der Waals surface area contributed by atoms with Crippen LogP contribution in [0.25, 0.3) is 0 Å². The number of rotatable bonds is 5. The predicted octanol–water partition coefficient (Wildman–Crippen LogP) is 1.77. The highest BCUT2D eigenvalue weighted by atomic mass is 16.3. The molecule has 0 aliphatic rings. The van der Waals surface area contributed by atoms with Crippen molar-refractivity contribution in [3.05, 3.63) is 23.9 Å². The highest BCUT2D eigenvalue weighted by Crippen LogP contribution is 2.13. The van der Waals surface area contributed by atoms with Gasteiger partial charge in [-0.05, 0) is 24.5 Å². The maximum Gasteiger partial charge on any atom is 0.126 e. The number of aliphatic hydroxyl groups excluding tert-OH is 1. The summed E-state index contributed by atoms with van der Waals surface area (Å²) in [4.78, 5) is 4.14. The fraction of sp³-hybridized carbons (Fsp3) is 0.500. The van der Waals surface area contributed by atoms with Crippen molar-refractivity contribution in [2.45, 2.75) is 26.3 Å².